The van der Waals surface area contributed by atoms with Gasteiger partial charge in [0.2, 0.25) is 5.88 Å². The number of carbonyl (C=O) groups is 1. The van der Waals surface area contributed by atoms with Gasteiger partial charge in [-0.05, 0) is 24.6 Å². The van der Waals surface area contributed by atoms with E-state index < -0.39 is 0 Å². The highest BCUT2D eigenvalue weighted by molar-refractivity contribution is 6.30. The van der Waals surface area contributed by atoms with Crippen LogP contribution < -0.4 is 0 Å². The Morgan fingerprint density at radius 2 is 2.07 bits per heavy atom. The van der Waals surface area contributed by atoms with Gasteiger partial charge in [-0.2, -0.15) is 14.9 Å². The summed E-state index contributed by atoms with van der Waals surface area (Å²) in [6.45, 7) is 2.10. The first-order valence-corrected chi connectivity index (χ1v) is 8.73. The summed E-state index contributed by atoms with van der Waals surface area (Å²) in [5.74, 6) is -0.344. The van der Waals surface area contributed by atoms with E-state index >= 15 is 0 Å². The Labute approximate surface area is 161 Å². The molecule has 0 aliphatic heterocycles. The van der Waals surface area contributed by atoms with Crippen molar-refractivity contribution in [3.05, 3.63) is 57.9 Å². The second kappa shape index (κ2) is 7.64. The monoisotopic (exact) mass is 383 g/mol. The molecule has 2 aromatic heterocycles. The number of amides is 1. The van der Waals surface area contributed by atoms with Crippen LogP contribution in [0.3, 0.4) is 0 Å². The van der Waals surface area contributed by atoms with Crippen molar-refractivity contribution >= 4 is 23.2 Å². The van der Waals surface area contributed by atoms with Crippen molar-refractivity contribution in [3.8, 4) is 11.9 Å². The highest BCUT2D eigenvalue weighted by Gasteiger charge is 2.22. The second-order valence-electron chi connectivity index (χ2n) is 6.23. The first-order valence-electron chi connectivity index (χ1n) is 8.35. The van der Waals surface area contributed by atoms with E-state index in [1.165, 1.54) is 15.6 Å². The van der Waals surface area contributed by atoms with Crippen LogP contribution in [0.2, 0.25) is 5.02 Å². The van der Waals surface area contributed by atoms with Gasteiger partial charge in [0.1, 0.15) is 5.56 Å². The average Bonchev–Trinajstić information content (AvgIpc) is 3.07. The van der Waals surface area contributed by atoms with Gasteiger partial charge in [-0.25, -0.2) is 4.98 Å². The lowest BCUT2D eigenvalue weighted by Gasteiger charge is -2.15. The van der Waals surface area contributed by atoms with Gasteiger partial charge in [-0.1, -0.05) is 23.7 Å². The molecule has 0 saturated carbocycles. The van der Waals surface area contributed by atoms with Gasteiger partial charge in [-0.3, -0.25) is 4.79 Å². The van der Waals surface area contributed by atoms with Crippen LogP contribution in [0.15, 0.2) is 30.5 Å². The summed E-state index contributed by atoms with van der Waals surface area (Å²) >= 11 is 5.92. The lowest BCUT2D eigenvalue weighted by molar-refractivity contribution is 0.0799. The van der Waals surface area contributed by atoms with Crippen LogP contribution in [0, 0.1) is 18.3 Å². The van der Waals surface area contributed by atoms with E-state index in [2.05, 4.69) is 10.1 Å². The summed E-state index contributed by atoms with van der Waals surface area (Å²) in [4.78, 5) is 18.5. The summed E-state index contributed by atoms with van der Waals surface area (Å²) < 4.78 is 1.27. The first-order chi connectivity index (χ1) is 12.9. The third-order valence-electron chi connectivity index (χ3n) is 4.35. The molecule has 27 heavy (non-hydrogen) atoms. The number of aryl methyl sites for hydroxylation is 1. The van der Waals surface area contributed by atoms with Gasteiger partial charge in [0, 0.05) is 36.3 Å². The van der Waals surface area contributed by atoms with Gasteiger partial charge in [-0.15, -0.1) is 0 Å². The maximum absolute atomic E-state index is 12.6. The van der Waals surface area contributed by atoms with Crippen LogP contribution in [0.4, 0.5) is 0 Å². The second-order valence-corrected chi connectivity index (χ2v) is 6.67. The smallest absolute Gasteiger partial charge is 0.259 e. The van der Waals surface area contributed by atoms with Crippen molar-refractivity contribution < 1.29 is 9.90 Å². The molecule has 0 atom stereocenters. The Bertz CT molecular complexity index is 1040. The number of benzene rings is 1. The number of fused-ring (bicyclic) bond motifs is 1. The molecule has 3 rings (SSSR count). The maximum Gasteiger partial charge on any atom is 0.259 e. The molecular formula is C19H18ClN5O2. The number of hydrogen-bond donors (Lipinski definition) is 1. The fourth-order valence-corrected chi connectivity index (χ4v) is 2.94. The molecule has 8 heteroatoms. The number of halogens is 1. The van der Waals surface area contributed by atoms with Crippen LogP contribution in [0.25, 0.3) is 5.65 Å². The van der Waals surface area contributed by atoms with Gasteiger partial charge in [0.05, 0.1) is 18.7 Å². The quantitative estimate of drug-likeness (QED) is 0.730. The van der Waals surface area contributed by atoms with E-state index in [1.54, 1.807) is 26.1 Å². The largest absolute Gasteiger partial charge is 0.493 e. The van der Waals surface area contributed by atoms with E-state index in [4.69, 9.17) is 16.9 Å². The minimum Gasteiger partial charge on any atom is -0.493 e. The molecule has 3 aromatic rings. The number of hydrogen-bond acceptors (Lipinski definition) is 5. The molecule has 7 nitrogen and oxygen atoms in total. The molecule has 0 radical (unpaired) electrons. The Morgan fingerprint density at radius 1 is 1.37 bits per heavy atom. The zero-order valence-corrected chi connectivity index (χ0v) is 15.7. The SMILES string of the molecule is Cc1nc2c(C(=O)N(C)CCC#N)cnn2c(O)c1Cc1ccc(Cl)cc1. The van der Waals surface area contributed by atoms with E-state index in [-0.39, 0.29) is 23.8 Å². The van der Waals surface area contributed by atoms with Crippen LogP contribution in [-0.4, -0.2) is 44.1 Å². The van der Waals surface area contributed by atoms with Crippen LogP contribution in [0.1, 0.15) is 33.6 Å². The average molecular weight is 384 g/mol. The third-order valence-corrected chi connectivity index (χ3v) is 4.61. The van der Waals surface area contributed by atoms with Crippen LogP contribution >= 0.6 is 11.6 Å². The molecule has 0 saturated heterocycles. The Kier molecular flexibility index (Phi) is 5.28. The number of rotatable bonds is 5. The number of aromatic hydroxyl groups is 1. The Morgan fingerprint density at radius 3 is 2.74 bits per heavy atom. The standard InChI is InChI=1S/C19H18ClN5O2/c1-12-15(10-13-4-6-14(20)7-5-13)19(27)25-17(23-12)16(11-22-25)18(26)24(2)9-3-8-21/h4-7,11,27H,3,9-10H2,1-2H3. The van der Waals surface area contributed by atoms with Gasteiger partial charge >= 0.3 is 0 Å². The lowest BCUT2D eigenvalue weighted by atomic mass is 10.0. The third kappa shape index (κ3) is 3.71. The zero-order valence-electron chi connectivity index (χ0n) is 15.0. The molecule has 0 bridgehead atoms. The van der Waals surface area contributed by atoms with Crippen molar-refractivity contribution in [3.63, 3.8) is 0 Å². The van der Waals surface area contributed by atoms with E-state index in [1.807, 2.05) is 18.2 Å². The summed E-state index contributed by atoms with van der Waals surface area (Å²) in [6, 6.07) is 9.35. The Hall–Kier alpha value is -3.11. The number of nitrogens with zero attached hydrogens (tertiary/aromatic N) is 5. The molecule has 0 aliphatic carbocycles. The molecule has 1 N–H and O–H groups in total. The molecule has 1 aromatic carbocycles. The van der Waals surface area contributed by atoms with E-state index in [9.17, 15) is 9.90 Å². The molecular weight excluding hydrogens is 366 g/mol. The van der Waals surface area contributed by atoms with Gasteiger partial charge in [0.15, 0.2) is 5.65 Å². The molecule has 0 fully saturated rings. The number of carbonyl (C=O) groups excluding carboxylic acids is 1. The maximum atomic E-state index is 12.6. The number of nitriles is 1. The summed E-state index contributed by atoms with van der Waals surface area (Å²) in [5.41, 5.74) is 2.79. The zero-order chi connectivity index (χ0) is 19.6. The topological polar surface area (TPSA) is 94.5 Å². The van der Waals surface area contributed by atoms with E-state index in [0.717, 1.165) is 5.56 Å². The summed E-state index contributed by atoms with van der Waals surface area (Å²) in [5, 5.41) is 24.1. The van der Waals surface area contributed by atoms with Crippen molar-refractivity contribution in [1.82, 2.24) is 19.5 Å². The highest BCUT2D eigenvalue weighted by atomic mass is 35.5. The minimum absolute atomic E-state index is 0.0498. The van der Waals surface area contributed by atoms with Crippen molar-refractivity contribution in [1.29, 1.82) is 5.26 Å². The first kappa shape index (κ1) is 18.7. The molecule has 0 aliphatic rings. The molecule has 138 valence electrons. The molecule has 0 spiro atoms. The van der Waals surface area contributed by atoms with Crippen LogP contribution in [0.5, 0.6) is 5.88 Å². The van der Waals surface area contributed by atoms with E-state index in [0.29, 0.717) is 34.9 Å². The molecule has 0 unspecified atom stereocenters. The van der Waals surface area contributed by atoms with Gasteiger partial charge in [0.25, 0.3) is 5.91 Å². The number of aromatic nitrogens is 3. The van der Waals surface area contributed by atoms with Crippen molar-refractivity contribution in [2.45, 2.75) is 19.8 Å². The fourth-order valence-electron chi connectivity index (χ4n) is 2.81. The minimum atomic E-state index is -0.294. The predicted octanol–water partition coefficient (Wildman–Crippen LogP) is 2.97. The summed E-state index contributed by atoms with van der Waals surface area (Å²) in [6.07, 6.45) is 2.09. The van der Waals surface area contributed by atoms with Crippen molar-refractivity contribution in [2.24, 2.45) is 0 Å². The highest BCUT2D eigenvalue weighted by Crippen LogP contribution is 2.26. The van der Waals surface area contributed by atoms with Crippen molar-refractivity contribution in [2.75, 3.05) is 13.6 Å². The normalized spacial score (nSPS) is 10.7. The van der Waals surface area contributed by atoms with Gasteiger partial charge < -0.3 is 10.0 Å². The lowest BCUT2D eigenvalue weighted by Crippen LogP contribution is -2.27. The summed E-state index contributed by atoms with van der Waals surface area (Å²) in [7, 11) is 1.62. The predicted molar refractivity (Wildman–Crippen MR) is 101 cm³/mol. The fraction of sp³-hybridized carbons (Fsp3) is 0.263. The Balaban J connectivity index is 1.98. The molecule has 1 amide bonds. The van der Waals surface area contributed by atoms with Crippen LogP contribution in [-0.2, 0) is 6.42 Å². The molecule has 2 heterocycles.